The maximum Gasteiger partial charge on any atom is 0.257 e. The topological polar surface area (TPSA) is 89.9 Å². The predicted octanol–water partition coefficient (Wildman–Crippen LogP) is 2.72. The summed E-state index contributed by atoms with van der Waals surface area (Å²) in [6, 6.07) is 0.233. The molecule has 1 saturated heterocycles. The minimum atomic E-state index is 0.0652. The molecule has 3 aromatic heterocycles. The molecule has 0 radical (unpaired) electrons. The second kappa shape index (κ2) is 7.53. The molecule has 3 aromatic rings. The summed E-state index contributed by atoms with van der Waals surface area (Å²) in [7, 11) is 1.82. The lowest BCUT2D eigenvalue weighted by atomic mass is 10.1. The Morgan fingerprint density at radius 2 is 2.11 bits per heavy atom. The summed E-state index contributed by atoms with van der Waals surface area (Å²) in [5.41, 5.74) is 4.07. The monoisotopic (exact) mass is 380 g/mol. The van der Waals surface area contributed by atoms with Gasteiger partial charge in [-0.3, -0.25) is 19.4 Å². The van der Waals surface area contributed by atoms with Gasteiger partial charge in [-0.15, -0.1) is 0 Å². The summed E-state index contributed by atoms with van der Waals surface area (Å²) in [5, 5.41) is 8.08. The molecule has 8 heteroatoms. The third-order valence-corrected chi connectivity index (χ3v) is 5.32. The Morgan fingerprint density at radius 3 is 2.75 bits per heavy atom. The third kappa shape index (κ3) is 3.54. The van der Waals surface area contributed by atoms with E-state index >= 15 is 0 Å². The van der Waals surface area contributed by atoms with Gasteiger partial charge in [0.1, 0.15) is 5.76 Å². The smallest absolute Gasteiger partial charge is 0.257 e. The fourth-order valence-corrected chi connectivity index (χ4v) is 3.88. The van der Waals surface area contributed by atoms with Gasteiger partial charge in [-0.25, -0.2) is 0 Å². The van der Waals surface area contributed by atoms with E-state index in [0.717, 1.165) is 60.6 Å². The molecule has 8 nitrogen and oxygen atoms in total. The van der Waals surface area contributed by atoms with Crippen molar-refractivity contribution in [1.82, 2.24) is 29.8 Å². The number of hydrogen-bond donors (Lipinski definition) is 0. The van der Waals surface area contributed by atoms with Gasteiger partial charge in [-0.05, 0) is 39.5 Å². The molecule has 0 spiro atoms. The van der Waals surface area contributed by atoms with Gasteiger partial charge in [0, 0.05) is 32.0 Å². The number of aryl methyl sites for hydroxylation is 4. The van der Waals surface area contributed by atoms with Crippen LogP contribution >= 0.6 is 0 Å². The third-order valence-electron chi connectivity index (χ3n) is 5.32. The van der Waals surface area contributed by atoms with E-state index in [9.17, 15) is 4.79 Å². The zero-order valence-corrected chi connectivity index (χ0v) is 16.4. The predicted molar refractivity (Wildman–Crippen MR) is 103 cm³/mol. The van der Waals surface area contributed by atoms with E-state index in [1.54, 1.807) is 23.3 Å². The highest BCUT2D eigenvalue weighted by molar-refractivity contribution is 5.94. The van der Waals surface area contributed by atoms with E-state index in [-0.39, 0.29) is 11.9 Å². The van der Waals surface area contributed by atoms with E-state index in [4.69, 9.17) is 4.52 Å². The van der Waals surface area contributed by atoms with E-state index in [2.05, 4.69) is 20.2 Å². The van der Waals surface area contributed by atoms with Crippen molar-refractivity contribution in [3.05, 3.63) is 47.5 Å². The summed E-state index contributed by atoms with van der Waals surface area (Å²) >= 11 is 0. The summed E-state index contributed by atoms with van der Waals surface area (Å²) in [6.07, 6.45) is 10.7. The molecule has 0 aliphatic carbocycles. The molecule has 1 aliphatic heterocycles. The first kappa shape index (κ1) is 18.3. The summed E-state index contributed by atoms with van der Waals surface area (Å²) in [6.45, 7) is 4.57. The van der Waals surface area contributed by atoms with Crippen LogP contribution in [0.5, 0.6) is 0 Å². The quantitative estimate of drug-likeness (QED) is 0.676. The van der Waals surface area contributed by atoms with Crippen molar-refractivity contribution in [3.8, 4) is 11.3 Å². The Kier molecular flexibility index (Phi) is 4.93. The van der Waals surface area contributed by atoms with Crippen molar-refractivity contribution in [1.29, 1.82) is 0 Å². The molecule has 0 aromatic carbocycles. The molecule has 0 N–H and O–H groups in total. The first-order chi connectivity index (χ1) is 13.5. The number of aromatic nitrogens is 5. The lowest BCUT2D eigenvalue weighted by Gasteiger charge is -2.24. The van der Waals surface area contributed by atoms with Crippen molar-refractivity contribution in [2.75, 3.05) is 6.54 Å². The SMILES string of the molecule is Cc1noc(C)c1-c1cnc(CCC2CCCN2C(=O)c2cnn(C)c2)cn1. The Balaban J connectivity index is 1.40. The number of likely N-dealkylation sites (tertiary alicyclic amines) is 1. The largest absolute Gasteiger partial charge is 0.361 e. The van der Waals surface area contributed by atoms with Crippen LogP contribution < -0.4 is 0 Å². The highest BCUT2D eigenvalue weighted by Crippen LogP contribution is 2.26. The number of nitrogens with zero attached hydrogens (tertiary/aromatic N) is 6. The number of carbonyl (C=O) groups excluding carboxylic acids is 1. The first-order valence-electron chi connectivity index (χ1n) is 9.56. The van der Waals surface area contributed by atoms with Gasteiger partial charge in [0.2, 0.25) is 0 Å². The Labute approximate surface area is 163 Å². The number of hydrogen-bond acceptors (Lipinski definition) is 6. The number of rotatable bonds is 5. The molecule has 28 heavy (non-hydrogen) atoms. The van der Waals surface area contributed by atoms with Crippen LogP contribution in [0, 0.1) is 13.8 Å². The fraction of sp³-hybridized carbons (Fsp3) is 0.450. The van der Waals surface area contributed by atoms with Gasteiger partial charge in [0.15, 0.2) is 0 Å². The molecule has 1 unspecified atom stereocenters. The van der Waals surface area contributed by atoms with Crippen molar-refractivity contribution < 1.29 is 9.32 Å². The van der Waals surface area contributed by atoms with Gasteiger partial charge < -0.3 is 9.42 Å². The van der Waals surface area contributed by atoms with Gasteiger partial charge in [-0.2, -0.15) is 5.10 Å². The van der Waals surface area contributed by atoms with Crippen LogP contribution in [0.2, 0.25) is 0 Å². The van der Waals surface area contributed by atoms with E-state index in [1.165, 1.54) is 0 Å². The van der Waals surface area contributed by atoms with Crippen molar-refractivity contribution in [2.45, 2.75) is 45.6 Å². The van der Waals surface area contributed by atoms with Crippen molar-refractivity contribution in [2.24, 2.45) is 7.05 Å². The Bertz CT molecular complexity index is 956. The normalized spacial score (nSPS) is 16.7. The minimum absolute atomic E-state index is 0.0652. The average Bonchev–Trinajstić information content (AvgIpc) is 3.41. The van der Waals surface area contributed by atoms with Gasteiger partial charge in [0.25, 0.3) is 5.91 Å². The van der Waals surface area contributed by atoms with Gasteiger partial charge in [-0.1, -0.05) is 5.16 Å². The lowest BCUT2D eigenvalue weighted by Crippen LogP contribution is -2.35. The van der Waals surface area contributed by atoms with Crippen LogP contribution in [0.25, 0.3) is 11.3 Å². The standard InChI is InChI=1S/C20H24N6O2/c1-13-19(14(2)28-24-13)18-11-21-16(10-22-18)6-7-17-5-4-8-26(17)20(27)15-9-23-25(3)12-15/h9-12,17H,4-8H2,1-3H3. The van der Waals surface area contributed by atoms with Crippen LogP contribution in [0.4, 0.5) is 0 Å². The fourth-order valence-electron chi connectivity index (χ4n) is 3.88. The maximum absolute atomic E-state index is 12.8. The molecular formula is C20H24N6O2. The number of amides is 1. The van der Waals surface area contributed by atoms with Crippen LogP contribution in [0.3, 0.4) is 0 Å². The zero-order chi connectivity index (χ0) is 19.7. The highest BCUT2D eigenvalue weighted by atomic mass is 16.5. The summed E-state index contributed by atoms with van der Waals surface area (Å²) in [5.74, 6) is 0.811. The van der Waals surface area contributed by atoms with Crippen molar-refractivity contribution in [3.63, 3.8) is 0 Å². The Morgan fingerprint density at radius 1 is 1.25 bits per heavy atom. The zero-order valence-electron chi connectivity index (χ0n) is 16.4. The molecule has 4 rings (SSSR count). The molecule has 0 bridgehead atoms. The van der Waals surface area contributed by atoms with E-state index in [0.29, 0.717) is 5.56 Å². The Hall–Kier alpha value is -3.03. The average molecular weight is 380 g/mol. The lowest BCUT2D eigenvalue weighted by molar-refractivity contribution is 0.0730. The summed E-state index contributed by atoms with van der Waals surface area (Å²) < 4.78 is 6.87. The second-order valence-electron chi connectivity index (χ2n) is 7.33. The molecule has 146 valence electrons. The van der Waals surface area contributed by atoms with Gasteiger partial charge >= 0.3 is 0 Å². The van der Waals surface area contributed by atoms with Gasteiger partial charge in [0.05, 0.1) is 40.6 Å². The second-order valence-corrected chi connectivity index (χ2v) is 7.33. The van der Waals surface area contributed by atoms with Crippen LogP contribution in [0.15, 0.2) is 29.3 Å². The summed E-state index contributed by atoms with van der Waals surface area (Å²) in [4.78, 5) is 23.8. The molecule has 4 heterocycles. The van der Waals surface area contributed by atoms with E-state index in [1.807, 2.05) is 32.0 Å². The first-order valence-corrected chi connectivity index (χ1v) is 9.56. The molecule has 1 amide bonds. The molecule has 0 saturated carbocycles. The van der Waals surface area contributed by atoms with Crippen LogP contribution in [-0.4, -0.2) is 48.3 Å². The van der Waals surface area contributed by atoms with Crippen LogP contribution in [0.1, 0.15) is 46.8 Å². The molecule has 1 atom stereocenters. The molecular weight excluding hydrogens is 356 g/mol. The minimum Gasteiger partial charge on any atom is -0.361 e. The van der Waals surface area contributed by atoms with Crippen molar-refractivity contribution >= 4 is 5.91 Å². The van der Waals surface area contributed by atoms with E-state index < -0.39 is 0 Å². The number of carbonyl (C=O) groups is 1. The van der Waals surface area contributed by atoms with Crippen LogP contribution in [-0.2, 0) is 13.5 Å². The molecule has 1 fully saturated rings. The highest BCUT2D eigenvalue weighted by Gasteiger charge is 2.29. The molecule has 1 aliphatic rings. The maximum atomic E-state index is 12.8.